The molecule has 3 rings (SSSR count). The Kier molecular flexibility index (Phi) is 4.71. The Morgan fingerprint density at radius 2 is 1.90 bits per heavy atom. The predicted molar refractivity (Wildman–Crippen MR) is 83.3 cm³/mol. The molecule has 1 aromatic carbocycles. The third kappa shape index (κ3) is 2.99. The van der Waals surface area contributed by atoms with Crippen LogP contribution in [0.25, 0.3) is 0 Å². The van der Waals surface area contributed by atoms with Gasteiger partial charge in [0.25, 0.3) is 0 Å². The lowest BCUT2D eigenvalue weighted by Crippen LogP contribution is -2.58. The molecule has 1 heterocycles. The van der Waals surface area contributed by atoms with E-state index in [1.807, 2.05) is 6.92 Å². The van der Waals surface area contributed by atoms with Crippen LogP contribution >= 0.6 is 12.4 Å². The van der Waals surface area contributed by atoms with Gasteiger partial charge in [0.2, 0.25) is 5.91 Å². The van der Waals surface area contributed by atoms with Crippen molar-refractivity contribution in [3.05, 3.63) is 35.4 Å². The normalized spacial score (nSPS) is 25.6. The van der Waals surface area contributed by atoms with Crippen LogP contribution in [0.1, 0.15) is 37.3 Å². The fraction of sp³-hybridized carbons (Fsp3) is 0.562. The summed E-state index contributed by atoms with van der Waals surface area (Å²) in [5, 5.41) is 6.61. The van der Waals surface area contributed by atoms with E-state index in [0.29, 0.717) is 0 Å². The van der Waals surface area contributed by atoms with Gasteiger partial charge >= 0.3 is 0 Å². The number of benzene rings is 1. The number of fused-ring (bicyclic) bond motifs is 1. The first-order valence-corrected chi connectivity index (χ1v) is 7.30. The lowest BCUT2D eigenvalue weighted by Gasteiger charge is -2.34. The van der Waals surface area contributed by atoms with Crippen LogP contribution in [-0.2, 0) is 17.6 Å². The molecule has 0 saturated carbocycles. The van der Waals surface area contributed by atoms with E-state index >= 15 is 0 Å². The molecule has 0 bridgehead atoms. The van der Waals surface area contributed by atoms with Gasteiger partial charge in [-0.1, -0.05) is 24.3 Å². The highest BCUT2D eigenvalue weighted by Crippen LogP contribution is 2.23. The van der Waals surface area contributed by atoms with Crippen molar-refractivity contribution in [2.75, 3.05) is 6.54 Å². The van der Waals surface area contributed by atoms with Gasteiger partial charge in [0.15, 0.2) is 0 Å². The summed E-state index contributed by atoms with van der Waals surface area (Å²) in [7, 11) is 0. The topological polar surface area (TPSA) is 41.1 Å². The fourth-order valence-corrected chi connectivity index (χ4v) is 3.26. The highest BCUT2D eigenvalue weighted by atomic mass is 35.5. The molecule has 0 aromatic heterocycles. The highest BCUT2D eigenvalue weighted by Gasteiger charge is 2.36. The number of halogens is 1. The van der Waals surface area contributed by atoms with Crippen molar-refractivity contribution < 1.29 is 4.79 Å². The van der Waals surface area contributed by atoms with Crippen LogP contribution in [0.2, 0.25) is 0 Å². The summed E-state index contributed by atoms with van der Waals surface area (Å²) in [5.41, 5.74) is 2.40. The van der Waals surface area contributed by atoms with Crippen molar-refractivity contribution in [1.82, 2.24) is 10.6 Å². The quantitative estimate of drug-likeness (QED) is 0.878. The van der Waals surface area contributed by atoms with Gasteiger partial charge < -0.3 is 10.6 Å². The zero-order valence-corrected chi connectivity index (χ0v) is 12.8. The Hall–Kier alpha value is -1.06. The summed E-state index contributed by atoms with van der Waals surface area (Å²) in [4.78, 5) is 12.5. The van der Waals surface area contributed by atoms with Crippen LogP contribution in [0.15, 0.2) is 24.3 Å². The standard InChI is InChI=1S/C16H22N2O.ClH/c1-16(8-4-5-9-17-16)15(19)18-14-10-12-6-2-3-7-13(12)11-14;/h2-3,6-7,14,17H,4-5,8-11H2,1H3,(H,18,19);1H. The number of hydrogen-bond donors (Lipinski definition) is 2. The van der Waals surface area contributed by atoms with Crippen molar-refractivity contribution in [2.24, 2.45) is 0 Å². The second-order valence-electron chi connectivity index (χ2n) is 6.06. The van der Waals surface area contributed by atoms with Gasteiger partial charge in [0.1, 0.15) is 0 Å². The maximum absolute atomic E-state index is 12.5. The Bertz CT molecular complexity index is 458. The Balaban J connectivity index is 0.00000147. The second kappa shape index (κ2) is 6.15. The third-order valence-electron chi connectivity index (χ3n) is 4.51. The van der Waals surface area contributed by atoms with Gasteiger partial charge in [-0.25, -0.2) is 0 Å². The van der Waals surface area contributed by atoms with Crippen LogP contribution < -0.4 is 10.6 Å². The van der Waals surface area contributed by atoms with E-state index in [4.69, 9.17) is 0 Å². The maximum atomic E-state index is 12.5. The van der Waals surface area contributed by atoms with E-state index in [1.165, 1.54) is 17.5 Å². The third-order valence-corrected chi connectivity index (χ3v) is 4.51. The predicted octanol–water partition coefficient (Wildman–Crippen LogP) is 2.22. The van der Waals surface area contributed by atoms with E-state index in [2.05, 4.69) is 34.9 Å². The van der Waals surface area contributed by atoms with Crippen molar-refractivity contribution >= 4 is 18.3 Å². The molecule has 1 aromatic rings. The van der Waals surface area contributed by atoms with Gasteiger partial charge in [-0.3, -0.25) is 4.79 Å². The molecule has 1 fully saturated rings. The van der Waals surface area contributed by atoms with Crippen LogP contribution in [0.5, 0.6) is 0 Å². The number of amides is 1. The molecule has 3 nitrogen and oxygen atoms in total. The largest absolute Gasteiger partial charge is 0.351 e. The minimum atomic E-state index is -0.368. The van der Waals surface area contributed by atoms with Crippen LogP contribution in [-0.4, -0.2) is 24.0 Å². The molecule has 2 aliphatic rings. The number of carbonyl (C=O) groups excluding carboxylic acids is 1. The summed E-state index contributed by atoms with van der Waals surface area (Å²) in [6.45, 7) is 2.98. The van der Waals surface area contributed by atoms with Crippen molar-refractivity contribution in [3.63, 3.8) is 0 Å². The molecule has 1 aliphatic carbocycles. The number of hydrogen-bond acceptors (Lipinski definition) is 2. The summed E-state index contributed by atoms with van der Waals surface area (Å²) < 4.78 is 0. The van der Waals surface area contributed by atoms with Crippen LogP contribution in [0, 0.1) is 0 Å². The number of nitrogens with one attached hydrogen (secondary N) is 2. The summed E-state index contributed by atoms with van der Waals surface area (Å²) in [6, 6.07) is 8.76. The zero-order chi connectivity index (χ0) is 13.3. The minimum Gasteiger partial charge on any atom is -0.351 e. The first kappa shape index (κ1) is 15.3. The molecular formula is C16H23ClN2O. The molecule has 110 valence electrons. The number of carbonyl (C=O) groups is 1. The maximum Gasteiger partial charge on any atom is 0.240 e. The van der Waals surface area contributed by atoms with E-state index in [9.17, 15) is 4.79 Å². The van der Waals surface area contributed by atoms with Crippen molar-refractivity contribution in [3.8, 4) is 0 Å². The molecule has 20 heavy (non-hydrogen) atoms. The van der Waals surface area contributed by atoms with Crippen LogP contribution in [0.3, 0.4) is 0 Å². The molecule has 0 spiro atoms. The highest BCUT2D eigenvalue weighted by molar-refractivity contribution is 5.86. The molecule has 1 unspecified atom stereocenters. The van der Waals surface area contributed by atoms with Gasteiger partial charge in [-0.15, -0.1) is 12.4 Å². The van der Waals surface area contributed by atoms with Crippen molar-refractivity contribution in [1.29, 1.82) is 0 Å². The fourth-order valence-electron chi connectivity index (χ4n) is 3.26. The lowest BCUT2D eigenvalue weighted by molar-refractivity contribution is -0.128. The molecule has 1 aliphatic heterocycles. The summed E-state index contributed by atoms with van der Waals surface area (Å²) in [5.74, 6) is 0.171. The van der Waals surface area contributed by atoms with Gasteiger partial charge in [0.05, 0.1) is 5.54 Å². The molecule has 1 saturated heterocycles. The number of rotatable bonds is 2. The summed E-state index contributed by atoms with van der Waals surface area (Å²) in [6.07, 6.45) is 5.20. The van der Waals surface area contributed by atoms with Crippen molar-refractivity contribution in [2.45, 2.75) is 50.6 Å². The van der Waals surface area contributed by atoms with E-state index in [-0.39, 0.29) is 29.9 Å². The van der Waals surface area contributed by atoms with E-state index in [1.54, 1.807) is 0 Å². The van der Waals surface area contributed by atoms with Gasteiger partial charge in [0, 0.05) is 6.04 Å². The molecule has 1 amide bonds. The van der Waals surface area contributed by atoms with Gasteiger partial charge in [-0.05, 0) is 56.7 Å². The monoisotopic (exact) mass is 294 g/mol. The average molecular weight is 295 g/mol. The summed E-state index contributed by atoms with van der Waals surface area (Å²) >= 11 is 0. The zero-order valence-electron chi connectivity index (χ0n) is 11.9. The Morgan fingerprint density at radius 3 is 2.45 bits per heavy atom. The molecular weight excluding hydrogens is 272 g/mol. The lowest BCUT2D eigenvalue weighted by atomic mass is 9.89. The smallest absolute Gasteiger partial charge is 0.240 e. The number of piperidine rings is 1. The minimum absolute atomic E-state index is 0. The second-order valence-corrected chi connectivity index (χ2v) is 6.06. The average Bonchev–Trinajstić information content (AvgIpc) is 2.81. The first-order valence-electron chi connectivity index (χ1n) is 7.30. The first-order chi connectivity index (χ1) is 9.17. The Labute approximate surface area is 126 Å². The van der Waals surface area contributed by atoms with E-state index in [0.717, 1.165) is 32.2 Å². The molecule has 0 radical (unpaired) electrons. The van der Waals surface area contributed by atoms with E-state index < -0.39 is 0 Å². The van der Waals surface area contributed by atoms with Crippen LogP contribution in [0.4, 0.5) is 0 Å². The SMILES string of the molecule is CC1(C(=O)NC2Cc3ccccc3C2)CCCCN1.Cl. The molecule has 4 heteroatoms. The molecule has 1 atom stereocenters. The Morgan fingerprint density at radius 1 is 1.25 bits per heavy atom. The molecule has 2 N–H and O–H groups in total. The van der Waals surface area contributed by atoms with Gasteiger partial charge in [-0.2, -0.15) is 0 Å².